The minimum absolute atomic E-state index is 0.0937. The van der Waals surface area contributed by atoms with Crippen molar-refractivity contribution >= 4 is 17.1 Å². The van der Waals surface area contributed by atoms with Gasteiger partial charge in [0.25, 0.3) is 0 Å². The molecule has 0 aliphatic carbocycles. The predicted octanol–water partition coefficient (Wildman–Crippen LogP) is 4.44. The van der Waals surface area contributed by atoms with Crippen molar-refractivity contribution in [2.24, 2.45) is 0 Å². The third-order valence-corrected chi connectivity index (χ3v) is 4.42. The number of benzene rings is 1. The van der Waals surface area contributed by atoms with Gasteiger partial charge in [-0.1, -0.05) is 38.5 Å². The number of carbonyl (C=O) groups is 1. The molecule has 0 aliphatic heterocycles. The number of ether oxygens (including phenoxy) is 1. The number of aryl methyl sites for hydroxylation is 2. The van der Waals surface area contributed by atoms with Crippen molar-refractivity contribution in [2.45, 2.75) is 46.6 Å². The van der Waals surface area contributed by atoms with Crippen LogP contribution in [-0.2, 0) is 19.4 Å². The predicted molar refractivity (Wildman–Crippen MR) is 86.3 cm³/mol. The van der Waals surface area contributed by atoms with Gasteiger partial charge in [0, 0.05) is 6.92 Å². The molecule has 3 nitrogen and oxygen atoms in total. The molecule has 0 spiro atoms. The van der Waals surface area contributed by atoms with E-state index in [2.05, 4.69) is 24.9 Å². The van der Waals surface area contributed by atoms with E-state index in [0.29, 0.717) is 6.61 Å². The molecule has 112 valence electrons. The summed E-state index contributed by atoms with van der Waals surface area (Å²) in [6, 6.07) is 8.04. The number of nitrogens with zero attached hydrogens (tertiary/aromatic N) is 1. The highest BCUT2D eigenvalue weighted by atomic mass is 32.1. The number of thiazole rings is 1. The zero-order chi connectivity index (χ0) is 15.2. The Bertz CT molecular complexity index is 619. The van der Waals surface area contributed by atoms with E-state index in [0.717, 1.165) is 40.6 Å². The summed E-state index contributed by atoms with van der Waals surface area (Å²) in [6.07, 6.45) is 2.77. The summed E-state index contributed by atoms with van der Waals surface area (Å²) in [5.74, 6) is 0.993. The Balaban J connectivity index is 2.13. The van der Waals surface area contributed by atoms with Crippen LogP contribution in [-0.4, -0.2) is 10.8 Å². The minimum Gasteiger partial charge on any atom is -0.486 e. The molecule has 0 atom stereocenters. The fourth-order valence-electron chi connectivity index (χ4n) is 2.22. The van der Waals surface area contributed by atoms with Gasteiger partial charge in [0.1, 0.15) is 17.4 Å². The zero-order valence-corrected chi connectivity index (χ0v) is 13.6. The van der Waals surface area contributed by atoms with E-state index >= 15 is 0 Å². The Morgan fingerprint density at radius 1 is 1.29 bits per heavy atom. The number of hydrogen-bond acceptors (Lipinski definition) is 4. The van der Waals surface area contributed by atoms with Gasteiger partial charge >= 0.3 is 0 Å². The van der Waals surface area contributed by atoms with Crippen molar-refractivity contribution in [1.82, 2.24) is 4.98 Å². The first-order valence-electron chi connectivity index (χ1n) is 7.35. The van der Waals surface area contributed by atoms with E-state index in [4.69, 9.17) is 4.74 Å². The lowest BCUT2D eigenvalue weighted by atomic mass is 10.1. The summed E-state index contributed by atoms with van der Waals surface area (Å²) in [4.78, 5) is 17.0. The van der Waals surface area contributed by atoms with Crippen LogP contribution in [0.4, 0.5) is 0 Å². The summed E-state index contributed by atoms with van der Waals surface area (Å²) >= 11 is 1.45. The first kappa shape index (κ1) is 15.7. The average molecular weight is 303 g/mol. The number of Topliss-reactive ketones (excluding diaryl/α,β-unsaturated/α-hetero) is 1. The molecule has 0 amide bonds. The van der Waals surface area contributed by atoms with E-state index in [9.17, 15) is 4.79 Å². The molecule has 1 aromatic heterocycles. The molecule has 2 rings (SSSR count). The van der Waals surface area contributed by atoms with Crippen LogP contribution in [0.3, 0.4) is 0 Å². The fraction of sp³-hybridized carbons (Fsp3) is 0.412. The molecule has 0 radical (unpaired) electrons. The van der Waals surface area contributed by atoms with Crippen LogP contribution in [0.15, 0.2) is 24.3 Å². The summed E-state index contributed by atoms with van der Waals surface area (Å²) in [5, 5.41) is 0.870. The van der Waals surface area contributed by atoms with Crippen LogP contribution in [0.1, 0.15) is 53.1 Å². The Morgan fingerprint density at radius 3 is 2.71 bits per heavy atom. The molecule has 21 heavy (non-hydrogen) atoms. The Hall–Kier alpha value is -1.68. The normalized spacial score (nSPS) is 10.6. The van der Waals surface area contributed by atoms with Gasteiger partial charge in [-0.3, -0.25) is 4.79 Å². The molecule has 0 saturated carbocycles. The lowest BCUT2D eigenvalue weighted by Crippen LogP contribution is -1.98. The van der Waals surface area contributed by atoms with Crippen LogP contribution in [0.25, 0.3) is 0 Å². The minimum atomic E-state index is 0.0937. The molecule has 1 aromatic carbocycles. The molecule has 0 saturated heterocycles. The second-order valence-corrected chi connectivity index (χ2v) is 6.02. The molecular weight excluding hydrogens is 282 g/mol. The van der Waals surface area contributed by atoms with Gasteiger partial charge in [0.15, 0.2) is 5.78 Å². The van der Waals surface area contributed by atoms with Gasteiger partial charge in [0.05, 0.1) is 10.6 Å². The molecule has 2 aromatic rings. The topological polar surface area (TPSA) is 39.2 Å². The second kappa shape index (κ2) is 7.36. The second-order valence-electron chi connectivity index (χ2n) is 4.94. The van der Waals surface area contributed by atoms with E-state index in [-0.39, 0.29) is 5.78 Å². The molecule has 0 fully saturated rings. The van der Waals surface area contributed by atoms with Crippen molar-refractivity contribution < 1.29 is 9.53 Å². The first-order chi connectivity index (χ1) is 10.2. The number of aromatic nitrogens is 1. The summed E-state index contributed by atoms with van der Waals surface area (Å²) < 4.78 is 5.88. The van der Waals surface area contributed by atoms with E-state index in [1.54, 1.807) is 6.92 Å². The van der Waals surface area contributed by atoms with Gasteiger partial charge in [0.2, 0.25) is 0 Å². The van der Waals surface area contributed by atoms with Crippen LogP contribution in [0.2, 0.25) is 0 Å². The lowest BCUT2D eigenvalue weighted by Gasteiger charge is -2.08. The summed E-state index contributed by atoms with van der Waals surface area (Å²) in [7, 11) is 0. The van der Waals surface area contributed by atoms with Crippen molar-refractivity contribution in [3.8, 4) is 5.75 Å². The number of rotatable bonds is 7. The summed E-state index contributed by atoms with van der Waals surface area (Å²) in [6.45, 7) is 6.23. The quantitative estimate of drug-likeness (QED) is 0.710. The molecule has 1 heterocycles. The van der Waals surface area contributed by atoms with Gasteiger partial charge in [-0.25, -0.2) is 4.98 Å². The molecule has 4 heteroatoms. The largest absolute Gasteiger partial charge is 0.486 e. The van der Waals surface area contributed by atoms with Gasteiger partial charge in [-0.15, -0.1) is 11.3 Å². The van der Waals surface area contributed by atoms with Crippen molar-refractivity contribution in [3.63, 3.8) is 0 Å². The Labute approximate surface area is 130 Å². The van der Waals surface area contributed by atoms with E-state index < -0.39 is 0 Å². The maximum atomic E-state index is 11.7. The van der Waals surface area contributed by atoms with Crippen molar-refractivity contribution in [2.75, 3.05) is 0 Å². The van der Waals surface area contributed by atoms with Crippen LogP contribution in [0.5, 0.6) is 5.75 Å². The Morgan fingerprint density at radius 2 is 2.05 bits per heavy atom. The van der Waals surface area contributed by atoms with E-state index in [1.807, 2.05) is 18.2 Å². The molecule has 0 unspecified atom stereocenters. The van der Waals surface area contributed by atoms with Gasteiger partial charge < -0.3 is 4.74 Å². The highest BCUT2D eigenvalue weighted by molar-refractivity contribution is 7.13. The average Bonchev–Trinajstić information content (AvgIpc) is 2.89. The van der Waals surface area contributed by atoms with Gasteiger partial charge in [-0.05, 0) is 24.5 Å². The third kappa shape index (κ3) is 3.91. The number of ketones is 1. The summed E-state index contributed by atoms with van der Waals surface area (Å²) in [5.41, 5.74) is 2.10. The monoisotopic (exact) mass is 303 g/mol. The van der Waals surface area contributed by atoms with E-state index in [1.165, 1.54) is 16.9 Å². The third-order valence-electron chi connectivity index (χ3n) is 3.25. The SMILES string of the molecule is CCCc1nc(COc2ccccc2CC)sc1C(C)=O. The number of carbonyl (C=O) groups excluding carboxylic acids is 1. The van der Waals surface area contributed by atoms with Crippen molar-refractivity contribution in [3.05, 3.63) is 45.4 Å². The fourth-order valence-corrected chi connectivity index (χ4v) is 3.14. The van der Waals surface area contributed by atoms with Crippen LogP contribution in [0, 0.1) is 0 Å². The maximum absolute atomic E-state index is 11.7. The zero-order valence-electron chi connectivity index (χ0n) is 12.8. The highest BCUT2D eigenvalue weighted by Gasteiger charge is 2.14. The number of hydrogen-bond donors (Lipinski definition) is 0. The smallest absolute Gasteiger partial charge is 0.171 e. The molecule has 0 bridgehead atoms. The number of para-hydroxylation sites is 1. The maximum Gasteiger partial charge on any atom is 0.171 e. The highest BCUT2D eigenvalue weighted by Crippen LogP contribution is 2.24. The standard InChI is InChI=1S/C17H21NO2S/c1-4-8-14-17(12(3)19)21-16(18-14)11-20-15-10-7-6-9-13(15)5-2/h6-7,9-10H,4-5,8,11H2,1-3H3. The lowest BCUT2D eigenvalue weighted by molar-refractivity contribution is 0.102. The van der Waals surface area contributed by atoms with Crippen LogP contribution < -0.4 is 4.74 Å². The van der Waals surface area contributed by atoms with Gasteiger partial charge in [-0.2, -0.15) is 0 Å². The first-order valence-corrected chi connectivity index (χ1v) is 8.17. The molecule has 0 aliphatic rings. The Kier molecular flexibility index (Phi) is 5.51. The van der Waals surface area contributed by atoms with Crippen molar-refractivity contribution in [1.29, 1.82) is 0 Å². The molecular formula is C17H21NO2S. The van der Waals surface area contributed by atoms with Crippen LogP contribution >= 0.6 is 11.3 Å². The molecule has 0 N–H and O–H groups in total.